The summed E-state index contributed by atoms with van der Waals surface area (Å²) in [5.41, 5.74) is 4.75. The van der Waals surface area contributed by atoms with Gasteiger partial charge in [0.25, 0.3) is 0 Å². The molecule has 0 unspecified atom stereocenters. The maximum absolute atomic E-state index is 12.8. The molecule has 2 aromatic carbocycles. The zero-order valence-corrected chi connectivity index (χ0v) is 14.1. The predicted molar refractivity (Wildman–Crippen MR) is 92.1 cm³/mol. The number of benzene rings is 2. The number of hydrogen-bond donors (Lipinski definition) is 0. The summed E-state index contributed by atoms with van der Waals surface area (Å²) in [6.07, 6.45) is -4.35. The van der Waals surface area contributed by atoms with Gasteiger partial charge < -0.3 is 0 Å². The first-order chi connectivity index (χ1) is 11.8. The van der Waals surface area contributed by atoms with E-state index >= 15 is 0 Å². The predicted octanol–water partition coefficient (Wildman–Crippen LogP) is 5.75. The van der Waals surface area contributed by atoms with Gasteiger partial charge in [0, 0.05) is 11.1 Å². The van der Waals surface area contributed by atoms with E-state index < -0.39 is 11.7 Å². The summed E-state index contributed by atoms with van der Waals surface area (Å²) < 4.78 is 38.4. The van der Waals surface area contributed by atoms with Gasteiger partial charge in [0.15, 0.2) is 0 Å². The fourth-order valence-electron chi connectivity index (χ4n) is 2.53. The van der Waals surface area contributed by atoms with E-state index in [2.05, 4.69) is 9.97 Å². The minimum Gasteiger partial charge on any atom is -0.249 e. The lowest BCUT2D eigenvalue weighted by atomic mass is 10.0. The zero-order chi connectivity index (χ0) is 18.2. The van der Waals surface area contributed by atoms with Crippen molar-refractivity contribution in [2.45, 2.75) is 26.9 Å². The average molecular weight is 342 g/mol. The highest BCUT2D eigenvalue weighted by molar-refractivity contribution is 5.78. The van der Waals surface area contributed by atoms with Gasteiger partial charge in [-0.2, -0.15) is 13.2 Å². The Labute approximate surface area is 144 Å². The maximum Gasteiger partial charge on any atom is 0.416 e. The van der Waals surface area contributed by atoms with Crippen molar-refractivity contribution in [3.8, 4) is 22.5 Å². The van der Waals surface area contributed by atoms with Crippen molar-refractivity contribution in [2.24, 2.45) is 0 Å². The van der Waals surface area contributed by atoms with Crippen LogP contribution in [0.3, 0.4) is 0 Å². The summed E-state index contributed by atoms with van der Waals surface area (Å²) in [5, 5.41) is 0. The van der Waals surface area contributed by atoms with Crippen molar-refractivity contribution < 1.29 is 13.2 Å². The van der Waals surface area contributed by atoms with Crippen molar-refractivity contribution in [1.29, 1.82) is 0 Å². The van der Waals surface area contributed by atoms with E-state index in [-0.39, 0.29) is 0 Å². The van der Waals surface area contributed by atoms with Crippen molar-refractivity contribution in [2.75, 3.05) is 0 Å². The van der Waals surface area contributed by atoms with E-state index in [0.717, 1.165) is 34.6 Å². The van der Waals surface area contributed by atoms with Gasteiger partial charge in [0.05, 0.1) is 28.3 Å². The zero-order valence-electron chi connectivity index (χ0n) is 14.1. The molecule has 25 heavy (non-hydrogen) atoms. The second-order valence-corrected chi connectivity index (χ2v) is 6.03. The van der Waals surface area contributed by atoms with Gasteiger partial charge in [0.2, 0.25) is 0 Å². The number of hydrogen-bond acceptors (Lipinski definition) is 2. The highest BCUT2D eigenvalue weighted by atomic mass is 19.4. The molecule has 0 N–H and O–H groups in total. The maximum atomic E-state index is 12.8. The number of nitrogens with zero attached hydrogens (tertiary/aromatic N) is 2. The Hall–Kier alpha value is -2.69. The summed E-state index contributed by atoms with van der Waals surface area (Å²) in [6, 6.07) is 12.9. The third-order valence-corrected chi connectivity index (χ3v) is 4.12. The highest BCUT2D eigenvalue weighted by Gasteiger charge is 2.30. The third kappa shape index (κ3) is 3.55. The second-order valence-electron chi connectivity index (χ2n) is 6.03. The molecule has 3 aromatic rings. The van der Waals surface area contributed by atoms with Crippen LogP contribution in [0, 0.1) is 20.8 Å². The lowest BCUT2D eigenvalue weighted by molar-refractivity contribution is -0.137. The number of aromatic nitrogens is 2. The molecule has 2 nitrogen and oxygen atoms in total. The van der Waals surface area contributed by atoms with E-state index in [1.807, 2.05) is 45.0 Å². The van der Waals surface area contributed by atoms with E-state index in [4.69, 9.17) is 0 Å². The van der Waals surface area contributed by atoms with E-state index in [0.29, 0.717) is 17.0 Å². The summed E-state index contributed by atoms with van der Waals surface area (Å²) >= 11 is 0. The smallest absolute Gasteiger partial charge is 0.249 e. The van der Waals surface area contributed by atoms with Gasteiger partial charge in [-0.25, -0.2) is 9.97 Å². The first kappa shape index (κ1) is 17.1. The Balaban J connectivity index is 2.15. The molecule has 0 radical (unpaired) electrons. The van der Waals surface area contributed by atoms with Crippen molar-refractivity contribution in [1.82, 2.24) is 9.97 Å². The Morgan fingerprint density at radius 2 is 1.04 bits per heavy atom. The van der Waals surface area contributed by atoms with Crippen LogP contribution in [-0.2, 0) is 6.18 Å². The fourth-order valence-corrected chi connectivity index (χ4v) is 2.53. The molecule has 0 amide bonds. The summed E-state index contributed by atoms with van der Waals surface area (Å²) in [4.78, 5) is 9.23. The molecule has 5 heteroatoms. The van der Waals surface area contributed by atoms with Crippen LogP contribution in [0.25, 0.3) is 22.5 Å². The van der Waals surface area contributed by atoms with Gasteiger partial charge in [-0.15, -0.1) is 0 Å². The monoisotopic (exact) mass is 342 g/mol. The normalized spacial score (nSPS) is 11.6. The van der Waals surface area contributed by atoms with Crippen LogP contribution in [0.5, 0.6) is 0 Å². The molecule has 1 heterocycles. The van der Waals surface area contributed by atoms with Crippen LogP contribution in [0.4, 0.5) is 13.2 Å². The van der Waals surface area contributed by atoms with Gasteiger partial charge in [-0.1, -0.05) is 42.0 Å². The molecule has 0 bridgehead atoms. The lowest BCUT2D eigenvalue weighted by Crippen LogP contribution is -2.04. The lowest BCUT2D eigenvalue weighted by Gasteiger charge is -2.13. The van der Waals surface area contributed by atoms with Crippen molar-refractivity contribution in [3.63, 3.8) is 0 Å². The Morgan fingerprint density at radius 3 is 1.44 bits per heavy atom. The molecule has 0 saturated carbocycles. The van der Waals surface area contributed by atoms with Crippen LogP contribution in [0.15, 0.2) is 48.5 Å². The van der Waals surface area contributed by atoms with Gasteiger partial charge in [-0.3, -0.25) is 0 Å². The van der Waals surface area contributed by atoms with Gasteiger partial charge >= 0.3 is 6.18 Å². The fraction of sp³-hybridized carbons (Fsp3) is 0.200. The van der Waals surface area contributed by atoms with Crippen molar-refractivity contribution >= 4 is 0 Å². The molecule has 0 saturated heterocycles. The minimum absolute atomic E-state index is 0.584. The van der Waals surface area contributed by atoms with Crippen LogP contribution in [-0.4, -0.2) is 9.97 Å². The SMILES string of the molecule is Cc1ccc(-c2nc(C)c(C)nc2-c2ccc(C(F)(F)F)cc2)cc1. The van der Waals surface area contributed by atoms with Gasteiger partial charge in [0.1, 0.15) is 0 Å². The molecule has 0 fully saturated rings. The molecule has 0 aliphatic heterocycles. The molecule has 128 valence electrons. The quantitative estimate of drug-likeness (QED) is 0.592. The molecular formula is C20H17F3N2. The highest BCUT2D eigenvalue weighted by Crippen LogP contribution is 2.33. The van der Waals surface area contributed by atoms with Crippen LogP contribution >= 0.6 is 0 Å². The van der Waals surface area contributed by atoms with E-state index in [1.54, 1.807) is 0 Å². The Bertz CT molecular complexity index is 896. The molecule has 3 rings (SSSR count). The first-order valence-corrected chi connectivity index (χ1v) is 7.85. The molecular weight excluding hydrogens is 325 g/mol. The molecule has 1 aromatic heterocycles. The summed E-state index contributed by atoms with van der Waals surface area (Å²) in [5.74, 6) is 0. The molecule has 0 aliphatic carbocycles. The minimum atomic E-state index is -4.35. The second kappa shape index (κ2) is 6.31. The van der Waals surface area contributed by atoms with Crippen LogP contribution < -0.4 is 0 Å². The molecule has 0 atom stereocenters. The molecule has 0 aliphatic rings. The number of aryl methyl sites for hydroxylation is 3. The summed E-state index contributed by atoms with van der Waals surface area (Å²) in [6.45, 7) is 5.71. The first-order valence-electron chi connectivity index (χ1n) is 7.85. The number of alkyl halides is 3. The van der Waals surface area contributed by atoms with Crippen LogP contribution in [0.2, 0.25) is 0 Å². The van der Waals surface area contributed by atoms with E-state index in [9.17, 15) is 13.2 Å². The number of rotatable bonds is 2. The van der Waals surface area contributed by atoms with Crippen molar-refractivity contribution in [3.05, 3.63) is 71.0 Å². The Kier molecular flexibility index (Phi) is 4.33. The molecule has 0 spiro atoms. The standard InChI is InChI=1S/C20H17F3N2/c1-12-4-6-15(7-5-12)18-19(25-14(3)13(2)24-18)16-8-10-17(11-9-16)20(21,22)23/h4-11H,1-3H3. The average Bonchev–Trinajstić information content (AvgIpc) is 2.57. The third-order valence-electron chi connectivity index (χ3n) is 4.12. The topological polar surface area (TPSA) is 25.8 Å². The Morgan fingerprint density at radius 1 is 0.640 bits per heavy atom. The van der Waals surface area contributed by atoms with E-state index in [1.165, 1.54) is 12.1 Å². The summed E-state index contributed by atoms with van der Waals surface area (Å²) in [7, 11) is 0. The van der Waals surface area contributed by atoms with Crippen LogP contribution in [0.1, 0.15) is 22.5 Å². The van der Waals surface area contributed by atoms with Gasteiger partial charge in [-0.05, 0) is 32.9 Å². The largest absolute Gasteiger partial charge is 0.416 e. The number of halogens is 3.